The van der Waals surface area contributed by atoms with E-state index in [-0.39, 0.29) is 19.2 Å². The highest BCUT2D eigenvalue weighted by Crippen LogP contribution is 2.46. The number of hydrogen-bond acceptors (Lipinski definition) is 6. The summed E-state index contributed by atoms with van der Waals surface area (Å²) >= 11 is 0. The summed E-state index contributed by atoms with van der Waals surface area (Å²) in [6.45, 7) is 0.947. The maximum Gasteiger partial charge on any atom is 0.231 e. The van der Waals surface area contributed by atoms with Crippen LogP contribution in [0.4, 0.5) is 0 Å². The Labute approximate surface area is 212 Å². The first-order valence-electron chi connectivity index (χ1n) is 12.2. The minimum Gasteiger partial charge on any atom is -0.497 e. The fourth-order valence-corrected chi connectivity index (χ4v) is 5.56. The van der Waals surface area contributed by atoms with Crippen molar-refractivity contribution >= 4 is 38.2 Å². The normalized spacial score (nSPS) is 13.5. The molecule has 7 rings (SSSR count). The zero-order valence-electron chi connectivity index (χ0n) is 20.5. The lowest BCUT2D eigenvalue weighted by molar-refractivity contribution is -0.670. The lowest BCUT2D eigenvalue weighted by atomic mass is 9.93. The van der Waals surface area contributed by atoms with Gasteiger partial charge in [0.25, 0.3) is 0 Å². The van der Waals surface area contributed by atoms with Crippen molar-refractivity contribution in [2.45, 2.75) is 13.0 Å². The van der Waals surface area contributed by atoms with Crippen LogP contribution in [-0.4, -0.2) is 33.4 Å². The summed E-state index contributed by atoms with van der Waals surface area (Å²) in [5.74, 6) is 3.25. The van der Waals surface area contributed by atoms with E-state index < -0.39 is 0 Å². The number of pyridine rings is 1. The zero-order chi connectivity index (χ0) is 25.1. The summed E-state index contributed by atoms with van der Waals surface area (Å²) in [6, 6.07) is 17.4. The first kappa shape index (κ1) is 21.7. The molecule has 2 aliphatic rings. The van der Waals surface area contributed by atoms with Crippen molar-refractivity contribution in [3.63, 3.8) is 0 Å². The minimum atomic E-state index is -0.139. The van der Waals surface area contributed by atoms with Gasteiger partial charge in [-0.1, -0.05) is 12.1 Å². The fourth-order valence-electron chi connectivity index (χ4n) is 5.56. The van der Waals surface area contributed by atoms with E-state index in [1.54, 1.807) is 32.4 Å². The van der Waals surface area contributed by atoms with E-state index in [4.69, 9.17) is 23.7 Å². The molecule has 5 aromatic rings. The maximum absolute atomic E-state index is 13.0. The Morgan fingerprint density at radius 1 is 0.946 bits per heavy atom. The SMILES string of the molecule is COc1cccc(C(=O)COc2c(OC)ccc3c2c[n+]2c4c3ccc3c5c(cc(c34)CC2)OCO5)c1. The van der Waals surface area contributed by atoms with Gasteiger partial charge >= 0.3 is 0 Å². The van der Waals surface area contributed by atoms with E-state index in [9.17, 15) is 4.79 Å². The van der Waals surface area contributed by atoms with Gasteiger partial charge in [-0.2, -0.15) is 4.57 Å². The number of ether oxygens (including phenoxy) is 5. The highest BCUT2D eigenvalue weighted by molar-refractivity contribution is 6.17. The topological polar surface area (TPSA) is 67.1 Å². The average molecular weight is 495 g/mol. The number of carbonyl (C=O) groups excluding carboxylic acids is 1. The number of ketones is 1. The molecule has 0 fully saturated rings. The summed E-state index contributed by atoms with van der Waals surface area (Å²) in [6.07, 6.45) is 2.99. The molecule has 0 N–H and O–H groups in total. The number of benzene rings is 4. The Hall–Kier alpha value is -4.52. The Balaban J connectivity index is 1.38. The Bertz CT molecular complexity index is 1760. The fraction of sp³-hybridized carbons (Fsp3) is 0.200. The van der Waals surface area contributed by atoms with Crippen molar-refractivity contribution in [2.24, 2.45) is 0 Å². The van der Waals surface area contributed by atoms with E-state index in [0.29, 0.717) is 22.8 Å². The first-order chi connectivity index (χ1) is 18.2. The molecule has 7 nitrogen and oxygen atoms in total. The molecule has 184 valence electrons. The molecule has 0 bridgehead atoms. The van der Waals surface area contributed by atoms with E-state index >= 15 is 0 Å². The number of rotatable bonds is 6. The molecule has 0 amide bonds. The van der Waals surface area contributed by atoms with Gasteiger partial charge in [-0.3, -0.25) is 4.79 Å². The van der Waals surface area contributed by atoms with Crippen molar-refractivity contribution < 1.29 is 33.0 Å². The maximum atomic E-state index is 13.0. The Kier molecular flexibility index (Phi) is 4.86. The zero-order valence-corrected chi connectivity index (χ0v) is 20.5. The highest BCUT2D eigenvalue weighted by Gasteiger charge is 2.30. The standard InChI is InChI=1S/C30H24NO6/c1-33-19-5-3-4-17(12-19)24(32)15-35-30-23-14-31-11-10-18-13-26-29(37-16-36-26)22-7-6-21(28(31)27(18)22)20(23)8-9-25(30)34-2/h3-9,12-14H,10-11,15-16H2,1-2H3/q+1. The number of fused-ring (bicyclic) bond motifs is 4. The summed E-state index contributed by atoms with van der Waals surface area (Å²) < 4.78 is 30.9. The molecule has 2 aliphatic heterocycles. The van der Waals surface area contributed by atoms with Crippen molar-refractivity contribution in [3.05, 3.63) is 71.9 Å². The molecule has 37 heavy (non-hydrogen) atoms. The van der Waals surface area contributed by atoms with Crippen LogP contribution >= 0.6 is 0 Å². The molecule has 1 aromatic heterocycles. The lowest BCUT2D eigenvalue weighted by Gasteiger charge is -2.18. The summed E-state index contributed by atoms with van der Waals surface area (Å²) in [5.41, 5.74) is 2.96. The van der Waals surface area contributed by atoms with Crippen LogP contribution in [0.25, 0.3) is 32.4 Å². The molecule has 4 aromatic carbocycles. The monoisotopic (exact) mass is 494 g/mol. The van der Waals surface area contributed by atoms with Gasteiger partial charge in [0.2, 0.25) is 12.3 Å². The molecule has 0 atom stereocenters. The predicted molar refractivity (Wildman–Crippen MR) is 138 cm³/mol. The third-order valence-corrected chi connectivity index (χ3v) is 7.29. The number of nitrogens with zero attached hydrogens (tertiary/aromatic N) is 1. The molecule has 0 unspecified atom stereocenters. The van der Waals surface area contributed by atoms with E-state index in [1.807, 2.05) is 12.1 Å². The van der Waals surface area contributed by atoms with Gasteiger partial charge in [-0.25, -0.2) is 0 Å². The quantitative estimate of drug-likeness (QED) is 0.188. The number of methoxy groups -OCH3 is 2. The third kappa shape index (κ3) is 3.27. The smallest absolute Gasteiger partial charge is 0.231 e. The molecule has 3 heterocycles. The van der Waals surface area contributed by atoms with E-state index in [2.05, 4.69) is 35.0 Å². The van der Waals surface area contributed by atoms with Gasteiger partial charge in [0.05, 0.1) is 30.4 Å². The number of carbonyl (C=O) groups is 1. The first-order valence-corrected chi connectivity index (χ1v) is 12.2. The van der Waals surface area contributed by atoms with Crippen LogP contribution in [0.1, 0.15) is 15.9 Å². The average Bonchev–Trinajstić information content (AvgIpc) is 3.42. The van der Waals surface area contributed by atoms with Crippen LogP contribution in [0.15, 0.2) is 60.8 Å². The third-order valence-electron chi connectivity index (χ3n) is 7.29. The molecule has 0 aliphatic carbocycles. The van der Waals surface area contributed by atoms with Crippen LogP contribution in [0, 0.1) is 0 Å². The van der Waals surface area contributed by atoms with Gasteiger partial charge in [-0.15, -0.1) is 0 Å². The lowest BCUT2D eigenvalue weighted by Crippen LogP contribution is -2.38. The number of hydrogen-bond donors (Lipinski definition) is 0. The van der Waals surface area contributed by atoms with Gasteiger partial charge in [-0.05, 0) is 48.0 Å². The second kappa shape index (κ2) is 8.27. The minimum absolute atomic E-state index is 0.119. The van der Waals surface area contributed by atoms with E-state index in [0.717, 1.165) is 51.5 Å². The predicted octanol–water partition coefficient (Wildman–Crippen LogP) is 5.00. The van der Waals surface area contributed by atoms with Crippen LogP contribution in [0.5, 0.6) is 28.7 Å². The molecule has 0 spiro atoms. The Morgan fingerprint density at radius 2 is 1.81 bits per heavy atom. The summed E-state index contributed by atoms with van der Waals surface area (Å²) in [7, 11) is 3.19. The van der Waals surface area contributed by atoms with Gasteiger partial charge in [0, 0.05) is 22.8 Å². The second-order valence-electron chi connectivity index (χ2n) is 9.23. The van der Waals surface area contributed by atoms with Crippen LogP contribution in [0.2, 0.25) is 0 Å². The largest absolute Gasteiger partial charge is 0.497 e. The molecule has 0 radical (unpaired) electrons. The molecule has 0 saturated heterocycles. The van der Waals surface area contributed by atoms with Crippen LogP contribution in [-0.2, 0) is 13.0 Å². The van der Waals surface area contributed by atoms with Crippen molar-refractivity contribution in [1.82, 2.24) is 0 Å². The van der Waals surface area contributed by atoms with Crippen LogP contribution in [0.3, 0.4) is 0 Å². The molecule has 7 heteroatoms. The van der Waals surface area contributed by atoms with Gasteiger partial charge in [0.1, 0.15) is 5.75 Å². The van der Waals surface area contributed by atoms with Crippen molar-refractivity contribution in [2.75, 3.05) is 27.6 Å². The van der Waals surface area contributed by atoms with Gasteiger partial charge in [0.15, 0.2) is 48.1 Å². The summed E-state index contributed by atoms with van der Waals surface area (Å²) in [4.78, 5) is 13.0. The Morgan fingerprint density at radius 3 is 2.68 bits per heavy atom. The molecular formula is C30H24NO6+. The number of aryl methyl sites for hydroxylation is 2. The number of aromatic nitrogens is 1. The van der Waals surface area contributed by atoms with Gasteiger partial charge < -0.3 is 23.7 Å². The molecular weight excluding hydrogens is 470 g/mol. The number of Topliss-reactive ketones (excluding diaryl/α,β-unsaturated/α-hetero) is 1. The summed E-state index contributed by atoms with van der Waals surface area (Å²) in [5, 5.41) is 5.30. The highest BCUT2D eigenvalue weighted by atomic mass is 16.7. The van der Waals surface area contributed by atoms with Crippen LogP contribution < -0.4 is 28.3 Å². The van der Waals surface area contributed by atoms with E-state index in [1.165, 1.54) is 10.9 Å². The van der Waals surface area contributed by atoms with Crippen molar-refractivity contribution in [3.8, 4) is 28.7 Å². The second-order valence-corrected chi connectivity index (χ2v) is 9.23. The molecule has 0 saturated carbocycles. The van der Waals surface area contributed by atoms with Crippen molar-refractivity contribution in [1.29, 1.82) is 0 Å².